The Hall–Kier alpha value is -3.94. The number of nitrogens with one attached hydrogen (secondary N) is 1. The van der Waals surface area contributed by atoms with Crippen LogP contribution >= 0.6 is 0 Å². The van der Waals surface area contributed by atoms with Crippen molar-refractivity contribution in [2.24, 2.45) is 7.05 Å². The van der Waals surface area contributed by atoms with Gasteiger partial charge in [-0.15, -0.1) is 5.10 Å². The van der Waals surface area contributed by atoms with E-state index in [0.717, 1.165) is 10.6 Å². The van der Waals surface area contributed by atoms with E-state index in [1.807, 2.05) is 0 Å². The summed E-state index contributed by atoms with van der Waals surface area (Å²) < 4.78 is 66.5. The smallest absolute Gasteiger partial charge is 0.425 e. The molecule has 0 aliphatic rings. The first kappa shape index (κ1) is 26.7. The fourth-order valence-electron chi connectivity index (χ4n) is 3.23. The van der Waals surface area contributed by atoms with Gasteiger partial charge in [-0.1, -0.05) is 0 Å². The normalized spacial score (nSPS) is 13.3. The first-order valence-electron chi connectivity index (χ1n) is 10.5. The van der Waals surface area contributed by atoms with Crippen molar-refractivity contribution in [1.82, 2.24) is 19.3 Å². The van der Waals surface area contributed by atoms with Gasteiger partial charge < -0.3 is 19.9 Å². The molecule has 0 spiro atoms. The number of hydrogen-bond donors (Lipinski definition) is 2. The van der Waals surface area contributed by atoms with Crippen molar-refractivity contribution in [2.75, 3.05) is 12.4 Å². The van der Waals surface area contributed by atoms with E-state index in [4.69, 9.17) is 9.47 Å². The number of halogens is 4. The summed E-state index contributed by atoms with van der Waals surface area (Å²) in [6.45, 7) is 3.65. The maximum Gasteiger partial charge on any atom is 0.425 e. The largest absolute Gasteiger partial charge is 0.480 e. The molecule has 2 aromatic heterocycles. The van der Waals surface area contributed by atoms with Gasteiger partial charge >= 0.3 is 11.9 Å². The molecule has 2 atom stereocenters. The first-order valence-corrected chi connectivity index (χ1v) is 10.5. The molecule has 2 N–H and O–H groups in total. The summed E-state index contributed by atoms with van der Waals surface area (Å²) in [5.74, 6) is -2.93. The number of aryl methyl sites for hydroxylation is 1. The number of hydrogen-bond acceptors (Lipinski definition) is 7. The Morgan fingerprint density at radius 1 is 1.25 bits per heavy atom. The molecule has 3 rings (SSSR count). The summed E-state index contributed by atoms with van der Waals surface area (Å²) >= 11 is 0. The van der Waals surface area contributed by atoms with Gasteiger partial charge in [0.15, 0.2) is 11.9 Å². The van der Waals surface area contributed by atoms with Gasteiger partial charge in [0.05, 0.1) is 12.7 Å². The van der Waals surface area contributed by atoms with Crippen molar-refractivity contribution < 1.29 is 36.9 Å². The van der Waals surface area contributed by atoms with Crippen molar-refractivity contribution in [3.8, 4) is 17.3 Å². The number of rotatable bonds is 7. The predicted molar refractivity (Wildman–Crippen MR) is 119 cm³/mol. The molecule has 0 radical (unpaired) electrons. The lowest BCUT2D eigenvalue weighted by atomic mass is 10.1. The lowest BCUT2D eigenvalue weighted by Gasteiger charge is -2.21. The molecule has 3 aromatic rings. The van der Waals surface area contributed by atoms with Crippen LogP contribution in [0, 0.1) is 12.7 Å². The molecule has 0 fully saturated rings. The minimum absolute atomic E-state index is 0.0252. The summed E-state index contributed by atoms with van der Waals surface area (Å²) in [6, 6.07) is 2.95. The standard InChI is InChI=1S/C22H23F4N5O5/c1-10-6-7-27-20(35-5)17(10)28-19(33)13-8-14(23)15(9-16(13)36-12(3)22(24,25)26)31-21(34)30(4)18(29-31)11(2)32/h6-9,11-12,32H,1-5H3,(H,28,33)/t11-,12-/m0/s1. The molecule has 1 amide bonds. The molecular formula is C22H23F4N5O5. The summed E-state index contributed by atoms with van der Waals surface area (Å²) in [4.78, 5) is 29.6. The molecule has 0 aliphatic carbocycles. The van der Waals surface area contributed by atoms with Crippen molar-refractivity contribution in [2.45, 2.75) is 39.2 Å². The van der Waals surface area contributed by atoms with E-state index < -0.39 is 52.8 Å². The van der Waals surface area contributed by atoms with Crippen molar-refractivity contribution >= 4 is 11.6 Å². The average Bonchev–Trinajstić information content (AvgIpc) is 3.09. The van der Waals surface area contributed by atoms with Crippen LogP contribution in [0.25, 0.3) is 5.69 Å². The number of pyridine rings is 1. The van der Waals surface area contributed by atoms with Gasteiger partial charge in [0.25, 0.3) is 5.91 Å². The second-order valence-electron chi connectivity index (χ2n) is 7.86. The molecular weight excluding hydrogens is 490 g/mol. The average molecular weight is 513 g/mol. The number of carbonyl (C=O) groups excluding carboxylic acids is 1. The summed E-state index contributed by atoms with van der Waals surface area (Å²) in [5, 5.41) is 16.1. The van der Waals surface area contributed by atoms with Crippen molar-refractivity contribution in [3.63, 3.8) is 0 Å². The minimum atomic E-state index is -4.81. The third-order valence-corrected chi connectivity index (χ3v) is 5.23. The van der Waals surface area contributed by atoms with Gasteiger partial charge in [0.2, 0.25) is 5.88 Å². The number of nitrogens with zero attached hydrogens (tertiary/aromatic N) is 4. The van der Waals surface area contributed by atoms with Crippen LogP contribution in [-0.2, 0) is 7.05 Å². The predicted octanol–water partition coefficient (Wildman–Crippen LogP) is 3.06. The van der Waals surface area contributed by atoms with Crippen LogP contribution in [0.3, 0.4) is 0 Å². The number of aliphatic hydroxyl groups excluding tert-OH is 1. The maximum atomic E-state index is 15.2. The summed E-state index contributed by atoms with van der Waals surface area (Å²) in [6.07, 6.45) is -6.97. The zero-order chi connectivity index (χ0) is 26.9. The van der Waals surface area contributed by atoms with Crippen LogP contribution < -0.4 is 20.5 Å². The van der Waals surface area contributed by atoms with Crippen LogP contribution in [0.4, 0.5) is 23.2 Å². The van der Waals surface area contributed by atoms with E-state index in [2.05, 4.69) is 15.4 Å². The monoisotopic (exact) mass is 513 g/mol. The number of anilines is 1. The van der Waals surface area contributed by atoms with E-state index in [9.17, 15) is 27.9 Å². The van der Waals surface area contributed by atoms with Crippen LogP contribution in [0.15, 0.2) is 29.2 Å². The highest BCUT2D eigenvalue weighted by Gasteiger charge is 2.39. The van der Waals surface area contributed by atoms with Gasteiger partial charge in [0.1, 0.15) is 29.0 Å². The third kappa shape index (κ3) is 5.17. The summed E-state index contributed by atoms with van der Waals surface area (Å²) in [5.41, 5.74) is -1.42. The minimum Gasteiger partial charge on any atom is -0.480 e. The fraction of sp³-hybridized carbons (Fsp3) is 0.364. The summed E-state index contributed by atoms with van der Waals surface area (Å²) in [7, 11) is 2.58. The molecule has 194 valence electrons. The molecule has 1 aromatic carbocycles. The number of alkyl halides is 3. The van der Waals surface area contributed by atoms with Gasteiger partial charge in [-0.05, 0) is 38.5 Å². The Morgan fingerprint density at radius 2 is 1.92 bits per heavy atom. The number of aliphatic hydroxyl groups is 1. The van der Waals surface area contributed by atoms with Gasteiger partial charge in [0, 0.05) is 19.3 Å². The highest BCUT2D eigenvalue weighted by atomic mass is 19.4. The van der Waals surface area contributed by atoms with E-state index >= 15 is 4.39 Å². The topological polar surface area (TPSA) is 120 Å². The zero-order valence-electron chi connectivity index (χ0n) is 19.8. The van der Waals surface area contributed by atoms with E-state index in [-0.39, 0.29) is 17.4 Å². The third-order valence-electron chi connectivity index (χ3n) is 5.23. The fourth-order valence-corrected chi connectivity index (χ4v) is 3.23. The Bertz CT molecular complexity index is 1350. The lowest BCUT2D eigenvalue weighted by molar-refractivity contribution is -0.189. The second kappa shape index (κ2) is 9.97. The van der Waals surface area contributed by atoms with Crippen LogP contribution in [0.1, 0.15) is 41.7 Å². The van der Waals surface area contributed by atoms with E-state index in [0.29, 0.717) is 23.2 Å². The van der Waals surface area contributed by atoms with Crippen molar-refractivity contribution in [1.29, 1.82) is 0 Å². The van der Waals surface area contributed by atoms with Crippen LogP contribution in [-0.4, -0.2) is 49.7 Å². The SMILES string of the molecule is COc1nccc(C)c1NC(=O)c1cc(F)c(-n2nc([C@H](C)O)n(C)c2=O)cc1O[C@@H](C)C(F)(F)F. The Kier molecular flexibility index (Phi) is 7.38. The number of amides is 1. The lowest BCUT2D eigenvalue weighted by Crippen LogP contribution is -2.32. The first-order chi connectivity index (χ1) is 16.8. The molecule has 0 unspecified atom stereocenters. The molecule has 0 aliphatic heterocycles. The van der Waals surface area contributed by atoms with E-state index in [1.54, 1.807) is 13.0 Å². The highest BCUT2D eigenvalue weighted by Crippen LogP contribution is 2.32. The van der Waals surface area contributed by atoms with Crippen LogP contribution in [0.2, 0.25) is 0 Å². The number of carbonyl (C=O) groups is 1. The molecule has 0 saturated heterocycles. The molecule has 0 saturated carbocycles. The van der Waals surface area contributed by atoms with Gasteiger partial charge in [-0.3, -0.25) is 9.36 Å². The Morgan fingerprint density at radius 3 is 2.47 bits per heavy atom. The van der Waals surface area contributed by atoms with Crippen molar-refractivity contribution in [3.05, 3.63) is 57.6 Å². The molecule has 10 nitrogen and oxygen atoms in total. The number of ether oxygens (including phenoxy) is 2. The van der Waals surface area contributed by atoms with Gasteiger partial charge in [-0.25, -0.2) is 14.2 Å². The zero-order valence-corrected chi connectivity index (χ0v) is 19.8. The molecule has 0 bridgehead atoms. The number of benzene rings is 1. The Balaban J connectivity index is 2.16. The highest BCUT2D eigenvalue weighted by molar-refractivity contribution is 6.07. The van der Waals surface area contributed by atoms with Crippen LogP contribution in [0.5, 0.6) is 11.6 Å². The number of methoxy groups -OCH3 is 1. The van der Waals surface area contributed by atoms with E-state index in [1.165, 1.54) is 27.3 Å². The second-order valence-corrected chi connectivity index (χ2v) is 7.86. The van der Waals surface area contributed by atoms with Gasteiger partial charge in [-0.2, -0.15) is 17.9 Å². The Labute approximate surface area is 202 Å². The number of aromatic nitrogens is 4. The maximum absolute atomic E-state index is 15.2. The molecule has 36 heavy (non-hydrogen) atoms. The molecule has 2 heterocycles. The molecule has 14 heteroatoms. The quantitative estimate of drug-likeness (QED) is 0.466.